The molecule has 1 rings (SSSR count). The van der Waals surface area contributed by atoms with Crippen LogP contribution in [0.2, 0.25) is 0 Å². The largest absolute Gasteiger partial charge is 0.383 e. The first-order chi connectivity index (χ1) is 9.38. The van der Waals surface area contributed by atoms with Crippen molar-refractivity contribution in [2.75, 3.05) is 33.6 Å². The molecule has 0 aliphatic carbocycles. The third kappa shape index (κ3) is 4.59. The van der Waals surface area contributed by atoms with Gasteiger partial charge < -0.3 is 10.1 Å². The minimum Gasteiger partial charge on any atom is -0.383 e. The van der Waals surface area contributed by atoms with Crippen LogP contribution in [0.15, 0.2) is 30.3 Å². The van der Waals surface area contributed by atoms with Crippen LogP contribution in [0, 0.1) is 0 Å². The van der Waals surface area contributed by atoms with Gasteiger partial charge in [-0.3, -0.25) is 4.79 Å². The number of carbonyl (C=O) groups excluding carboxylic acids is 1. The smallest absolute Gasteiger partial charge is 0.243 e. The zero-order chi connectivity index (χ0) is 15.2. The first-order valence-electron chi connectivity index (χ1n) is 6.12. The Morgan fingerprint density at radius 3 is 2.45 bits per heavy atom. The van der Waals surface area contributed by atoms with Gasteiger partial charge in [-0.2, -0.15) is 4.31 Å². The second-order valence-electron chi connectivity index (χ2n) is 4.38. The van der Waals surface area contributed by atoms with Crippen LogP contribution in [0.25, 0.3) is 0 Å². The van der Waals surface area contributed by atoms with Crippen molar-refractivity contribution >= 4 is 15.9 Å². The van der Waals surface area contributed by atoms with Gasteiger partial charge in [0.1, 0.15) is 6.04 Å². The number of nitrogens with one attached hydrogen (secondary N) is 1. The van der Waals surface area contributed by atoms with E-state index in [9.17, 15) is 13.2 Å². The number of rotatable bonds is 7. The molecule has 1 amide bonds. The van der Waals surface area contributed by atoms with Gasteiger partial charge in [0.25, 0.3) is 0 Å². The second-order valence-corrected chi connectivity index (χ2v) is 6.42. The van der Waals surface area contributed by atoms with Gasteiger partial charge in [-0.05, 0) is 5.56 Å². The molecule has 1 aromatic rings. The Balaban J connectivity index is 2.99. The van der Waals surface area contributed by atoms with Gasteiger partial charge in [0, 0.05) is 20.7 Å². The molecule has 6 nitrogen and oxygen atoms in total. The average molecular weight is 300 g/mol. The van der Waals surface area contributed by atoms with E-state index < -0.39 is 16.1 Å². The van der Waals surface area contributed by atoms with Crippen molar-refractivity contribution in [3.8, 4) is 0 Å². The van der Waals surface area contributed by atoms with Crippen LogP contribution in [0.1, 0.15) is 11.6 Å². The number of benzene rings is 1. The molecule has 0 radical (unpaired) electrons. The molecule has 0 bridgehead atoms. The summed E-state index contributed by atoms with van der Waals surface area (Å²) in [6.45, 7) is 0.701. The minimum atomic E-state index is -3.48. The summed E-state index contributed by atoms with van der Waals surface area (Å²) in [6, 6.07) is 7.90. The molecule has 0 fully saturated rings. The number of ether oxygens (including phenoxy) is 1. The van der Waals surface area contributed by atoms with Crippen molar-refractivity contribution in [1.82, 2.24) is 9.62 Å². The molecule has 0 aliphatic rings. The van der Waals surface area contributed by atoms with Gasteiger partial charge in [-0.25, -0.2) is 8.42 Å². The molecular formula is C13H20N2O4S. The molecule has 1 aromatic carbocycles. The maximum Gasteiger partial charge on any atom is 0.243 e. The molecule has 1 N–H and O–H groups in total. The van der Waals surface area contributed by atoms with E-state index >= 15 is 0 Å². The highest BCUT2D eigenvalue weighted by molar-refractivity contribution is 7.88. The lowest BCUT2D eigenvalue weighted by atomic mass is 10.1. The average Bonchev–Trinajstić information content (AvgIpc) is 2.39. The van der Waals surface area contributed by atoms with E-state index in [-0.39, 0.29) is 5.91 Å². The van der Waals surface area contributed by atoms with E-state index in [4.69, 9.17) is 4.74 Å². The number of nitrogens with zero attached hydrogens (tertiary/aromatic N) is 1. The van der Waals surface area contributed by atoms with Crippen LogP contribution in [0.5, 0.6) is 0 Å². The standard InChI is InChI=1S/C13H20N2O4S/c1-15(20(3,17)18)12(11-7-5-4-6-8-11)13(16)14-9-10-19-2/h4-8,12H,9-10H2,1-3H3,(H,14,16)/t12-/m1/s1. The Kier molecular flexibility index (Phi) is 6.12. The monoisotopic (exact) mass is 300 g/mol. The molecule has 20 heavy (non-hydrogen) atoms. The highest BCUT2D eigenvalue weighted by Crippen LogP contribution is 2.21. The van der Waals surface area contributed by atoms with E-state index in [0.29, 0.717) is 18.7 Å². The second kappa shape index (κ2) is 7.37. The van der Waals surface area contributed by atoms with E-state index in [2.05, 4.69) is 5.32 Å². The van der Waals surface area contributed by atoms with Crippen LogP contribution in [-0.2, 0) is 19.6 Å². The molecule has 0 aromatic heterocycles. The number of likely N-dealkylation sites (N-methyl/N-ethyl adjacent to an activating group) is 1. The number of hydrogen-bond acceptors (Lipinski definition) is 4. The summed E-state index contributed by atoms with van der Waals surface area (Å²) in [7, 11) is -0.562. The Hall–Kier alpha value is -1.44. The summed E-state index contributed by atoms with van der Waals surface area (Å²) in [6.07, 6.45) is 1.07. The van der Waals surface area contributed by atoms with Crippen molar-refractivity contribution in [2.24, 2.45) is 0 Å². The van der Waals surface area contributed by atoms with Crippen molar-refractivity contribution in [1.29, 1.82) is 0 Å². The van der Waals surface area contributed by atoms with Crippen molar-refractivity contribution in [3.63, 3.8) is 0 Å². The van der Waals surface area contributed by atoms with Gasteiger partial charge >= 0.3 is 0 Å². The van der Waals surface area contributed by atoms with Crippen LogP contribution in [0.4, 0.5) is 0 Å². The van der Waals surface area contributed by atoms with Crippen LogP contribution in [0.3, 0.4) is 0 Å². The van der Waals surface area contributed by atoms with Crippen molar-refractivity contribution in [3.05, 3.63) is 35.9 Å². The fourth-order valence-corrected chi connectivity index (χ4v) is 2.33. The summed E-state index contributed by atoms with van der Waals surface area (Å²) < 4.78 is 29.3. The molecular weight excluding hydrogens is 280 g/mol. The Labute approximate surface area is 119 Å². The first-order valence-corrected chi connectivity index (χ1v) is 7.97. The molecule has 7 heteroatoms. The number of carbonyl (C=O) groups is 1. The summed E-state index contributed by atoms with van der Waals surface area (Å²) in [4.78, 5) is 12.2. The first kappa shape index (κ1) is 16.6. The maximum absolute atomic E-state index is 12.2. The number of hydrogen-bond donors (Lipinski definition) is 1. The third-order valence-electron chi connectivity index (χ3n) is 2.86. The molecule has 0 spiro atoms. The number of amides is 1. The zero-order valence-electron chi connectivity index (χ0n) is 11.9. The lowest BCUT2D eigenvalue weighted by Gasteiger charge is -2.25. The van der Waals surface area contributed by atoms with Crippen LogP contribution < -0.4 is 5.32 Å². The van der Waals surface area contributed by atoms with E-state index in [1.165, 1.54) is 14.2 Å². The fraction of sp³-hybridized carbons (Fsp3) is 0.462. The van der Waals surface area contributed by atoms with Crippen molar-refractivity contribution in [2.45, 2.75) is 6.04 Å². The fourth-order valence-electron chi connectivity index (χ4n) is 1.73. The van der Waals surface area contributed by atoms with Gasteiger partial charge in [-0.15, -0.1) is 0 Å². The molecule has 0 unspecified atom stereocenters. The normalized spacial score (nSPS) is 13.2. The molecule has 0 heterocycles. The predicted octanol–water partition coefficient (Wildman–Crippen LogP) is 0.382. The third-order valence-corrected chi connectivity index (χ3v) is 4.11. The number of sulfonamides is 1. The summed E-state index contributed by atoms with van der Waals surface area (Å²) in [5, 5.41) is 2.67. The van der Waals surface area contributed by atoms with E-state index in [0.717, 1.165) is 10.6 Å². The quantitative estimate of drug-likeness (QED) is 0.739. The van der Waals surface area contributed by atoms with Gasteiger partial charge in [0.15, 0.2) is 0 Å². The lowest BCUT2D eigenvalue weighted by Crippen LogP contribution is -2.42. The van der Waals surface area contributed by atoms with Crippen LogP contribution >= 0.6 is 0 Å². The highest BCUT2D eigenvalue weighted by Gasteiger charge is 2.30. The molecule has 1 atom stereocenters. The molecule has 0 aliphatic heterocycles. The van der Waals surface area contributed by atoms with Gasteiger partial charge in [-0.1, -0.05) is 30.3 Å². The lowest BCUT2D eigenvalue weighted by molar-refractivity contribution is -0.125. The topological polar surface area (TPSA) is 75.7 Å². The Bertz CT molecular complexity index is 531. The molecule has 0 saturated heterocycles. The van der Waals surface area contributed by atoms with E-state index in [1.807, 2.05) is 6.07 Å². The van der Waals surface area contributed by atoms with Gasteiger partial charge in [0.2, 0.25) is 15.9 Å². The Morgan fingerprint density at radius 1 is 1.35 bits per heavy atom. The maximum atomic E-state index is 12.2. The van der Waals surface area contributed by atoms with Gasteiger partial charge in [0.05, 0.1) is 12.9 Å². The highest BCUT2D eigenvalue weighted by atomic mass is 32.2. The predicted molar refractivity (Wildman–Crippen MR) is 76.7 cm³/mol. The summed E-state index contributed by atoms with van der Waals surface area (Å²) in [5.41, 5.74) is 0.621. The molecule has 112 valence electrons. The number of methoxy groups -OCH3 is 1. The van der Waals surface area contributed by atoms with E-state index in [1.54, 1.807) is 24.3 Å². The zero-order valence-corrected chi connectivity index (χ0v) is 12.7. The minimum absolute atomic E-state index is 0.330. The summed E-state index contributed by atoms with van der Waals surface area (Å²) >= 11 is 0. The Morgan fingerprint density at radius 2 is 1.95 bits per heavy atom. The molecule has 0 saturated carbocycles. The van der Waals surface area contributed by atoms with Crippen LogP contribution in [-0.4, -0.2) is 52.2 Å². The van der Waals surface area contributed by atoms with Crippen molar-refractivity contribution < 1.29 is 17.9 Å². The SMILES string of the molecule is COCCNC(=O)[C@@H](c1ccccc1)N(C)S(C)(=O)=O. The summed E-state index contributed by atoms with van der Waals surface area (Å²) in [5.74, 6) is -0.374.